The Morgan fingerprint density at radius 3 is 2.92 bits per heavy atom. The fourth-order valence-corrected chi connectivity index (χ4v) is 4.39. The Bertz CT molecular complexity index is 750. The molecule has 1 aromatic carbocycles. The third kappa shape index (κ3) is 3.79. The molecular weight excluding hydrogens is 411 g/mol. The monoisotopic (exact) mass is 430 g/mol. The molecule has 25 heavy (non-hydrogen) atoms. The molecule has 1 N–H and O–H groups in total. The lowest BCUT2D eigenvalue weighted by Gasteiger charge is -2.42. The summed E-state index contributed by atoms with van der Waals surface area (Å²) in [5, 5.41) is 3.22. The Hall–Kier alpha value is -1.28. The van der Waals surface area contributed by atoms with Gasteiger partial charge in [0, 0.05) is 23.3 Å². The normalized spacial score (nSPS) is 25.2. The number of fused-ring (bicyclic) bond motifs is 3. The van der Waals surface area contributed by atoms with E-state index in [0.717, 1.165) is 11.3 Å². The number of thioether (sulfide) groups is 1. The van der Waals surface area contributed by atoms with Crippen molar-refractivity contribution >= 4 is 39.0 Å². The van der Waals surface area contributed by atoms with E-state index in [1.54, 1.807) is 26.8 Å². The van der Waals surface area contributed by atoms with E-state index in [9.17, 15) is 9.18 Å². The molecule has 5 nitrogen and oxygen atoms in total. The summed E-state index contributed by atoms with van der Waals surface area (Å²) in [5.74, 6) is 0.986. The maximum absolute atomic E-state index is 13.8. The summed E-state index contributed by atoms with van der Waals surface area (Å²) in [4.78, 5) is 16.8. The average molecular weight is 431 g/mol. The maximum Gasteiger partial charge on any atom is 0.413 e. The van der Waals surface area contributed by atoms with Crippen molar-refractivity contribution in [2.45, 2.75) is 38.8 Å². The fraction of sp³-hybridized carbons (Fsp3) is 0.529. The molecule has 3 rings (SSSR count). The number of nitrogens with one attached hydrogen (secondary N) is 1. The number of alkyl carbamates (subject to hydrolysis) is 1. The molecule has 1 aromatic rings. The van der Waals surface area contributed by atoms with Crippen molar-refractivity contribution in [2.75, 3.05) is 12.4 Å². The number of benzene rings is 1. The molecule has 2 aliphatic heterocycles. The van der Waals surface area contributed by atoms with Crippen molar-refractivity contribution in [3.8, 4) is 5.75 Å². The first kappa shape index (κ1) is 18.5. The van der Waals surface area contributed by atoms with Gasteiger partial charge in [0.15, 0.2) is 5.17 Å². The van der Waals surface area contributed by atoms with Crippen molar-refractivity contribution in [2.24, 2.45) is 10.9 Å². The van der Waals surface area contributed by atoms with E-state index in [0.29, 0.717) is 22.0 Å². The van der Waals surface area contributed by atoms with E-state index in [2.05, 4.69) is 21.2 Å². The van der Waals surface area contributed by atoms with Gasteiger partial charge >= 0.3 is 6.09 Å². The highest BCUT2D eigenvalue weighted by molar-refractivity contribution is 9.10. The van der Waals surface area contributed by atoms with Crippen molar-refractivity contribution in [3.05, 3.63) is 28.0 Å². The second kappa shape index (κ2) is 6.46. The SMILES string of the molecule is CC(C)(C)OC(=O)NC1=NC2(C)c3cc(Br)c(F)cc3OCC2CS1. The summed E-state index contributed by atoms with van der Waals surface area (Å²) in [6.07, 6.45) is -0.534. The number of hydrogen-bond acceptors (Lipinski definition) is 5. The summed E-state index contributed by atoms with van der Waals surface area (Å²) in [7, 11) is 0. The van der Waals surface area contributed by atoms with Gasteiger partial charge in [0.05, 0.1) is 16.6 Å². The van der Waals surface area contributed by atoms with Crippen LogP contribution >= 0.6 is 27.7 Å². The molecule has 1 amide bonds. The number of rotatable bonds is 0. The van der Waals surface area contributed by atoms with Crippen LogP contribution in [0.5, 0.6) is 5.75 Å². The molecule has 0 aromatic heterocycles. The smallest absolute Gasteiger partial charge is 0.413 e. The number of carbonyl (C=O) groups is 1. The standard InChI is InChI=1S/C17H20BrFN2O3S/c1-16(2,3)24-15(22)20-14-21-17(4)9(8-25-14)7-23-13-6-12(19)11(18)5-10(13)17/h5-6,9H,7-8H2,1-4H3,(H,20,21,22). The Morgan fingerprint density at radius 1 is 1.52 bits per heavy atom. The third-order valence-electron chi connectivity index (χ3n) is 4.17. The predicted octanol–water partition coefficient (Wildman–Crippen LogP) is 4.44. The lowest BCUT2D eigenvalue weighted by molar-refractivity contribution is 0.0563. The van der Waals surface area contributed by atoms with Crippen LogP contribution in [0, 0.1) is 11.7 Å². The molecule has 8 heteroatoms. The molecule has 2 aliphatic rings. The van der Waals surface area contributed by atoms with Gasteiger partial charge in [-0.25, -0.2) is 9.18 Å². The van der Waals surface area contributed by atoms with Crippen molar-refractivity contribution in [1.29, 1.82) is 0 Å². The first-order valence-electron chi connectivity index (χ1n) is 7.93. The summed E-state index contributed by atoms with van der Waals surface area (Å²) in [6.45, 7) is 7.86. The highest BCUT2D eigenvalue weighted by Crippen LogP contribution is 2.48. The minimum atomic E-state index is -0.598. The lowest BCUT2D eigenvalue weighted by Crippen LogP contribution is -2.46. The van der Waals surface area contributed by atoms with Crippen LogP contribution < -0.4 is 10.1 Å². The predicted molar refractivity (Wildman–Crippen MR) is 99.7 cm³/mol. The van der Waals surface area contributed by atoms with E-state index in [1.807, 2.05) is 6.92 Å². The lowest BCUT2D eigenvalue weighted by atomic mass is 9.79. The van der Waals surface area contributed by atoms with Crippen molar-refractivity contribution in [3.63, 3.8) is 0 Å². The zero-order valence-corrected chi connectivity index (χ0v) is 16.9. The molecule has 0 aliphatic carbocycles. The minimum Gasteiger partial charge on any atom is -0.493 e. The molecule has 0 fully saturated rings. The Balaban J connectivity index is 1.91. The third-order valence-corrected chi connectivity index (χ3v) is 5.81. The summed E-state index contributed by atoms with van der Waals surface area (Å²) < 4.78 is 25.2. The van der Waals surface area contributed by atoms with Gasteiger partial charge in [-0.3, -0.25) is 10.3 Å². The van der Waals surface area contributed by atoms with Gasteiger partial charge in [-0.2, -0.15) is 0 Å². The molecular formula is C17H20BrFN2O3S. The van der Waals surface area contributed by atoms with Crippen LogP contribution in [0.2, 0.25) is 0 Å². The van der Waals surface area contributed by atoms with E-state index >= 15 is 0 Å². The van der Waals surface area contributed by atoms with E-state index < -0.39 is 17.2 Å². The van der Waals surface area contributed by atoms with Gasteiger partial charge < -0.3 is 9.47 Å². The van der Waals surface area contributed by atoms with Crippen LogP contribution in [-0.2, 0) is 10.3 Å². The van der Waals surface area contributed by atoms with Crippen LogP contribution in [0.15, 0.2) is 21.6 Å². The van der Waals surface area contributed by atoms with Gasteiger partial charge in [0.2, 0.25) is 0 Å². The fourth-order valence-electron chi connectivity index (χ4n) is 2.86. The highest BCUT2D eigenvalue weighted by Gasteiger charge is 2.45. The largest absolute Gasteiger partial charge is 0.493 e. The number of aliphatic imine (C=N–C) groups is 1. The van der Waals surface area contributed by atoms with Gasteiger partial charge in [-0.15, -0.1) is 0 Å². The highest BCUT2D eigenvalue weighted by atomic mass is 79.9. The number of halogens is 2. The van der Waals surface area contributed by atoms with Crippen LogP contribution in [0.3, 0.4) is 0 Å². The van der Waals surface area contributed by atoms with Crippen LogP contribution in [0.25, 0.3) is 0 Å². The molecule has 0 spiro atoms. The van der Waals surface area contributed by atoms with Crippen molar-refractivity contribution < 1.29 is 18.7 Å². The van der Waals surface area contributed by atoms with Crippen molar-refractivity contribution in [1.82, 2.24) is 5.32 Å². The van der Waals surface area contributed by atoms with Crippen LogP contribution in [0.4, 0.5) is 9.18 Å². The van der Waals surface area contributed by atoms with E-state index in [-0.39, 0.29) is 11.7 Å². The van der Waals surface area contributed by atoms with Gasteiger partial charge in [0.1, 0.15) is 17.2 Å². The first-order chi connectivity index (χ1) is 11.6. The molecule has 0 saturated carbocycles. The summed E-state index contributed by atoms with van der Waals surface area (Å²) in [5.41, 5.74) is -0.371. The quantitative estimate of drug-likeness (QED) is 0.660. The van der Waals surface area contributed by atoms with Gasteiger partial charge in [-0.1, -0.05) is 11.8 Å². The number of amides is 1. The van der Waals surface area contributed by atoms with Crippen LogP contribution in [0.1, 0.15) is 33.3 Å². The van der Waals surface area contributed by atoms with Gasteiger partial charge in [-0.05, 0) is 49.7 Å². The zero-order valence-electron chi connectivity index (χ0n) is 14.5. The molecule has 2 unspecified atom stereocenters. The summed E-state index contributed by atoms with van der Waals surface area (Å²) >= 11 is 4.69. The Labute approximate surface area is 158 Å². The minimum absolute atomic E-state index is 0.131. The summed E-state index contributed by atoms with van der Waals surface area (Å²) in [6, 6.07) is 3.08. The average Bonchev–Trinajstić information content (AvgIpc) is 2.46. The molecule has 136 valence electrons. The molecule has 2 heterocycles. The topological polar surface area (TPSA) is 59.9 Å². The molecule has 0 saturated heterocycles. The second-order valence-corrected chi connectivity index (χ2v) is 9.14. The number of nitrogens with zero attached hydrogens (tertiary/aromatic N) is 1. The molecule has 2 atom stereocenters. The number of carbonyl (C=O) groups excluding carboxylic acids is 1. The molecule has 0 radical (unpaired) electrons. The number of amidine groups is 1. The first-order valence-corrected chi connectivity index (χ1v) is 9.71. The second-order valence-electron chi connectivity index (χ2n) is 7.27. The Kier molecular flexibility index (Phi) is 4.79. The maximum atomic E-state index is 13.8. The van der Waals surface area contributed by atoms with Crippen LogP contribution in [-0.4, -0.2) is 29.2 Å². The van der Waals surface area contributed by atoms with E-state index in [4.69, 9.17) is 14.5 Å². The molecule has 0 bridgehead atoms. The number of hydrogen-bond donors (Lipinski definition) is 1. The number of ether oxygens (including phenoxy) is 2. The Morgan fingerprint density at radius 2 is 2.24 bits per heavy atom. The van der Waals surface area contributed by atoms with Gasteiger partial charge in [0.25, 0.3) is 0 Å². The zero-order chi connectivity index (χ0) is 18.4. The van der Waals surface area contributed by atoms with E-state index in [1.165, 1.54) is 17.8 Å².